The summed E-state index contributed by atoms with van der Waals surface area (Å²) in [7, 11) is 0. The Kier molecular flexibility index (Phi) is 7.53. The number of non-ortho nitro benzene ring substituents is 1. The number of nitro groups is 1. The third kappa shape index (κ3) is 6.37. The molecule has 0 aliphatic carbocycles. The maximum atomic E-state index is 12.2. The number of nitrogens with zero attached hydrogens (tertiary/aromatic N) is 2. The highest BCUT2D eigenvalue weighted by Gasteiger charge is 2.10. The van der Waals surface area contributed by atoms with Crippen molar-refractivity contribution in [1.29, 1.82) is 0 Å². The molecule has 0 saturated heterocycles. The predicted octanol–water partition coefficient (Wildman–Crippen LogP) is 4.48. The number of benzene rings is 2. The molecule has 0 aliphatic rings. The van der Waals surface area contributed by atoms with Gasteiger partial charge in [0, 0.05) is 17.8 Å². The zero-order valence-electron chi connectivity index (χ0n) is 16.7. The smallest absolute Gasteiger partial charge is 0.277 e. The number of hydrogen-bond donors (Lipinski definition) is 2. The van der Waals surface area contributed by atoms with E-state index in [1.807, 2.05) is 0 Å². The second-order valence-electron chi connectivity index (χ2n) is 6.41. The van der Waals surface area contributed by atoms with E-state index in [1.54, 1.807) is 43.3 Å². The number of carbonyl (C=O) groups excluding carboxylic acids is 2. The molecular formula is C21H17ClN4O5S. The van der Waals surface area contributed by atoms with Crippen LogP contribution in [-0.4, -0.2) is 29.1 Å². The summed E-state index contributed by atoms with van der Waals surface area (Å²) in [6.07, 6.45) is 0. The van der Waals surface area contributed by atoms with Crippen LogP contribution in [-0.2, 0) is 4.79 Å². The summed E-state index contributed by atoms with van der Waals surface area (Å²) >= 11 is 7.04. The molecule has 3 rings (SSSR count). The first-order valence-electron chi connectivity index (χ1n) is 9.19. The Labute approximate surface area is 191 Å². The van der Waals surface area contributed by atoms with Crippen LogP contribution in [0.4, 0.5) is 11.4 Å². The Morgan fingerprint density at radius 1 is 1.09 bits per heavy atom. The summed E-state index contributed by atoms with van der Waals surface area (Å²) in [5.74, 6) is -0.407. The highest BCUT2D eigenvalue weighted by atomic mass is 35.5. The number of thiophene rings is 1. The first-order valence-corrected chi connectivity index (χ1v) is 10.4. The zero-order valence-corrected chi connectivity index (χ0v) is 18.3. The summed E-state index contributed by atoms with van der Waals surface area (Å²) in [6.45, 7) is 1.42. The van der Waals surface area contributed by atoms with Crippen LogP contribution in [0, 0.1) is 10.1 Å². The van der Waals surface area contributed by atoms with Gasteiger partial charge in [-0.1, -0.05) is 23.7 Å². The predicted molar refractivity (Wildman–Crippen MR) is 123 cm³/mol. The SMILES string of the molecule is C/C(=N\NC(=O)COc1ccc([N+](=O)[O-])cc1)c1ccc(NC(=O)c2ccc(Cl)s2)cc1. The Hall–Kier alpha value is -3.76. The number of nitro benzene ring substituents is 1. The van der Waals surface area contributed by atoms with E-state index in [4.69, 9.17) is 16.3 Å². The van der Waals surface area contributed by atoms with Crippen molar-refractivity contribution in [2.24, 2.45) is 5.10 Å². The van der Waals surface area contributed by atoms with Crippen LogP contribution in [0.3, 0.4) is 0 Å². The van der Waals surface area contributed by atoms with Crippen LogP contribution in [0.2, 0.25) is 4.34 Å². The lowest BCUT2D eigenvalue weighted by molar-refractivity contribution is -0.384. The third-order valence-electron chi connectivity index (χ3n) is 4.12. The molecule has 164 valence electrons. The minimum absolute atomic E-state index is 0.0662. The van der Waals surface area contributed by atoms with Crippen LogP contribution in [0.25, 0.3) is 0 Å². The zero-order chi connectivity index (χ0) is 23.1. The van der Waals surface area contributed by atoms with E-state index in [9.17, 15) is 19.7 Å². The fraction of sp³-hybridized carbons (Fsp3) is 0.0952. The first kappa shape index (κ1) is 22.9. The van der Waals surface area contributed by atoms with Gasteiger partial charge < -0.3 is 10.1 Å². The Morgan fingerprint density at radius 3 is 2.38 bits per heavy atom. The number of anilines is 1. The molecule has 2 aromatic carbocycles. The van der Waals surface area contributed by atoms with Crippen LogP contribution in [0.15, 0.2) is 65.8 Å². The van der Waals surface area contributed by atoms with Gasteiger partial charge in [0.25, 0.3) is 17.5 Å². The molecule has 2 N–H and O–H groups in total. The summed E-state index contributed by atoms with van der Waals surface area (Å²) < 4.78 is 5.82. The minimum atomic E-state index is -0.520. The normalized spacial score (nSPS) is 11.0. The Morgan fingerprint density at radius 2 is 1.78 bits per heavy atom. The van der Waals surface area contributed by atoms with Crippen molar-refractivity contribution in [3.8, 4) is 5.75 Å². The Balaban J connectivity index is 1.49. The quantitative estimate of drug-likeness (QED) is 0.284. The lowest BCUT2D eigenvalue weighted by Gasteiger charge is -2.07. The highest BCUT2D eigenvalue weighted by molar-refractivity contribution is 7.18. The highest BCUT2D eigenvalue weighted by Crippen LogP contribution is 2.22. The van der Waals surface area contributed by atoms with Gasteiger partial charge in [0.1, 0.15) is 5.75 Å². The average molecular weight is 473 g/mol. The topological polar surface area (TPSA) is 123 Å². The van der Waals surface area contributed by atoms with Gasteiger partial charge in [0.05, 0.1) is 19.8 Å². The van der Waals surface area contributed by atoms with E-state index in [1.165, 1.54) is 35.6 Å². The minimum Gasteiger partial charge on any atom is -0.484 e. The molecule has 32 heavy (non-hydrogen) atoms. The molecular weight excluding hydrogens is 456 g/mol. The van der Waals surface area contributed by atoms with E-state index in [0.29, 0.717) is 26.4 Å². The summed E-state index contributed by atoms with van der Waals surface area (Å²) in [4.78, 5) is 34.7. The molecule has 1 heterocycles. The molecule has 9 nitrogen and oxygen atoms in total. The van der Waals surface area contributed by atoms with Crippen molar-refractivity contribution in [1.82, 2.24) is 5.43 Å². The van der Waals surface area contributed by atoms with E-state index in [0.717, 1.165) is 5.56 Å². The van der Waals surface area contributed by atoms with Crippen molar-refractivity contribution in [2.45, 2.75) is 6.92 Å². The van der Waals surface area contributed by atoms with Crippen molar-refractivity contribution >= 4 is 51.8 Å². The molecule has 0 spiro atoms. The monoisotopic (exact) mass is 472 g/mol. The van der Waals surface area contributed by atoms with Crippen LogP contribution in [0.5, 0.6) is 5.75 Å². The number of carbonyl (C=O) groups is 2. The van der Waals surface area contributed by atoms with Gasteiger partial charge in [-0.3, -0.25) is 19.7 Å². The number of ether oxygens (including phenoxy) is 1. The standard InChI is InChI=1S/C21H17ClN4O5S/c1-13(24-25-20(27)12-31-17-8-6-16(7-9-17)26(29)30)14-2-4-15(5-3-14)23-21(28)18-10-11-19(22)32-18/h2-11H,12H2,1H3,(H,23,28)(H,25,27)/b24-13+. The lowest BCUT2D eigenvalue weighted by Crippen LogP contribution is -2.25. The largest absolute Gasteiger partial charge is 0.484 e. The fourth-order valence-corrected chi connectivity index (χ4v) is 3.42. The number of nitrogens with one attached hydrogen (secondary N) is 2. The van der Waals surface area contributed by atoms with Crippen LogP contribution >= 0.6 is 22.9 Å². The van der Waals surface area contributed by atoms with Crippen LogP contribution < -0.4 is 15.5 Å². The van der Waals surface area contributed by atoms with Crippen LogP contribution in [0.1, 0.15) is 22.2 Å². The third-order valence-corrected chi connectivity index (χ3v) is 5.35. The number of hydrogen-bond acceptors (Lipinski definition) is 7. The summed E-state index contributed by atoms with van der Waals surface area (Å²) in [5.41, 5.74) is 4.23. The van der Waals surface area contributed by atoms with E-state index in [2.05, 4.69) is 15.8 Å². The van der Waals surface area contributed by atoms with E-state index in [-0.39, 0.29) is 18.2 Å². The molecule has 0 saturated carbocycles. The molecule has 0 unspecified atom stereocenters. The van der Waals surface area contributed by atoms with Gasteiger partial charge in [0.2, 0.25) is 0 Å². The number of halogens is 1. The van der Waals surface area contributed by atoms with Gasteiger partial charge in [-0.05, 0) is 48.9 Å². The maximum Gasteiger partial charge on any atom is 0.277 e. The molecule has 3 aromatic rings. The van der Waals surface area contributed by atoms with E-state index < -0.39 is 10.8 Å². The van der Waals surface area contributed by atoms with Gasteiger partial charge in [-0.15, -0.1) is 11.3 Å². The van der Waals surface area contributed by atoms with Crippen molar-refractivity contribution in [3.63, 3.8) is 0 Å². The number of amides is 2. The first-order chi connectivity index (χ1) is 15.3. The summed E-state index contributed by atoms with van der Waals surface area (Å²) in [5, 5.41) is 17.4. The molecule has 0 atom stereocenters. The van der Waals surface area contributed by atoms with Gasteiger partial charge in [0.15, 0.2) is 6.61 Å². The van der Waals surface area contributed by atoms with E-state index >= 15 is 0 Å². The number of rotatable bonds is 8. The molecule has 0 radical (unpaired) electrons. The van der Waals surface area contributed by atoms with Gasteiger partial charge in [-0.2, -0.15) is 5.10 Å². The molecule has 0 fully saturated rings. The molecule has 0 aliphatic heterocycles. The second-order valence-corrected chi connectivity index (χ2v) is 8.12. The Bertz CT molecular complexity index is 1160. The maximum absolute atomic E-state index is 12.2. The second kappa shape index (κ2) is 10.5. The van der Waals surface area contributed by atoms with Crippen molar-refractivity contribution in [2.75, 3.05) is 11.9 Å². The molecule has 1 aromatic heterocycles. The molecule has 11 heteroatoms. The van der Waals surface area contributed by atoms with Crippen molar-refractivity contribution in [3.05, 3.63) is 85.6 Å². The van der Waals surface area contributed by atoms with Gasteiger partial charge >= 0.3 is 0 Å². The van der Waals surface area contributed by atoms with Crippen molar-refractivity contribution < 1.29 is 19.2 Å². The molecule has 0 bridgehead atoms. The van der Waals surface area contributed by atoms with Gasteiger partial charge in [-0.25, -0.2) is 5.43 Å². The lowest BCUT2D eigenvalue weighted by atomic mass is 10.1. The molecule has 2 amide bonds. The number of hydrazone groups is 1. The summed E-state index contributed by atoms with van der Waals surface area (Å²) in [6, 6.07) is 15.7. The fourth-order valence-electron chi connectivity index (χ4n) is 2.48. The average Bonchev–Trinajstić information content (AvgIpc) is 3.23.